The predicted octanol–water partition coefficient (Wildman–Crippen LogP) is 2.86. The van der Waals surface area contributed by atoms with Crippen molar-refractivity contribution in [3.8, 4) is 5.75 Å². The molecule has 0 aromatic heterocycles. The second kappa shape index (κ2) is 9.21. The van der Waals surface area contributed by atoms with E-state index in [9.17, 15) is 18.0 Å². The molecule has 0 radical (unpaired) electrons. The van der Waals surface area contributed by atoms with Crippen LogP contribution in [0.2, 0.25) is 0 Å². The van der Waals surface area contributed by atoms with E-state index < -0.39 is 21.8 Å². The van der Waals surface area contributed by atoms with Crippen LogP contribution in [0.15, 0.2) is 71.8 Å². The number of hydrogen-bond donors (Lipinski definition) is 1. The molecule has 2 aromatic carbocycles. The summed E-state index contributed by atoms with van der Waals surface area (Å²) < 4.78 is 32.6. The minimum atomic E-state index is -3.62. The number of rotatable bonds is 8. The number of amides is 2. The van der Waals surface area contributed by atoms with E-state index in [2.05, 4.69) is 11.9 Å². The maximum absolute atomic E-state index is 13.1. The van der Waals surface area contributed by atoms with Gasteiger partial charge in [-0.3, -0.25) is 14.5 Å². The van der Waals surface area contributed by atoms with E-state index >= 15 is 0 Å². The van der Waals surface area contributed by atoms with Crippen molar-refractivity contribution in [2.24, 2.45) is 0 Å². The number of carbonyl (C=O) groups excluding carboxylic acids is 2. The summed E-state index contributed by atoms with van der Waals surface area (Å²) in [5, 5.41) is 3.01. The Balaban J connectivity index is 1.73. The number of hydrogen-bond acceptors (Lipinski definition) is 6. The molecular formula is C24H25N3O5S. The quantitative estimate of drug-likeness (QED) is 0.474. The number of imide groups is 1. The molecule has 172 valence electrons. The molecule has 2 amide bonds. The second-order valence-corrected chi connectivity index (χ2v) is 9.69. The Labute approximate surface area is 193 Å². The Morgan fingerprint density at radius 3 is 2.39 bits per heavy atom. The number of sulfonamides is 1. The number of nitrogens with zero attached hydrogens (tertiary/aromatic N) is 2. The highest BCUT2D eigenvalue weighted by Gasteiger charge is 2.38. The molecule has 8 nitrogen and oxygen atoms in total. The van der Waals surface area contributed by atoms with Crippen molar-refractivity contribution in [2.45, 2.75) is 17.7 Å². The van der Waals surface area contributed by atoms with Gasteiger partial charge >= 0.3 is 0 Å². The summed E-state index contributed by atoms with van der Waals surface area (Å²) in [4.78, 5) is 27.4. The van der Waals surface area contributed by atoms with E-state index in [1.807, 2.05) is 0 Å². The first-order valence-electron chi connectivity index (χ1n) is 10.6. The fourth-order valence-corrected chi connectivity index (χ4v) is 5.53. The third-order valence-corrected chi connectivity index (χ3v) is 7.56. The van der Waals surface area contributed by atoms with E-state index in [4.69, 9.17) is 4.74 Å². The summed E-state index contributed by atoms with van der Waals surface area (Å²) in [6.45, 7) is 4.68. The molecule has 0 aliphatic carbocycles. The molecule has 1 fully saturated rings. The molecule has 2 aromatic rings. The number of anilines is 1. The monoisotopic (exact) mass is 467 g/mol. The van der Waals surface area contributed by atoms with Crippen molar-refractivity contribution in [2.75, 3.05) is 32.1 Å². The third-order valence-electron chi connectivity index (χ3n) is 5.66. The zero-order valence-corrected chi connectivity index (χ0v) is 19.1. The highest BCUT2D eigenvalue weighted by atomic mass is 32.2. The van der Waals surface area contributed by atoms with E-state index in [1.54, 1.807) is 43.5 Å². The van der Waals surface area contributed by atoms with Crippen LogP contribution in [-0.4, -0.2) is 56.2 Å². The second-order valence-electron chi connectivity index (χ2n) is 7.75. The van der Waals surface area contributed by atoms with Gasteiger partial charge in [-0.15, -0.1) is 6.58 Å². The summed E-state index contributed by atoms with van der Waals surface area (Å²) in [6.07, 6.45) is 3.16. The lowest BCUT2D eigenvalue weighted by molar-refractivity contribution is -0.136. The average molecular weight is 468 g/mol. The highest BCUT2D eigenvalue weighted by Crippen LogP contribution is 2.32. The Morgan fingerprint density at radius 1 is 1.06 bits per heavy atom. The standard InChI is InChI=1S/C24H25N3O5S/c1-3-13-27-23(28)21(17-9-11-19(32-2)12-10-17)22(24(27)29)25-18-7-6-8-20(16-18)33(30,31)26-14-4-5-15-26/h3,6-12,16,25H,1,4-5,13-15H2,2H3. The van der Waals surface area contributed by atoms with Crippen LogP contribution in [-0.2, 0) is 19.6 Å². The van der Waals surface area contributed by atoms with Crippen LogP contribution >= 0.6 is 0 Å². The van der Waals surface area contributed by atoms with Crippen molar-refractivity contribution in [3.63, 3.8) is 0 Å². The molecular weight excluding hydrogens is 442 g/mol. The number of ether oxygens (including phenoxy) is 1. The van der Waals surface area contributed by atoms with Gasteiger partial charge in [0.1, 0.15) is 11.4 Å². The zero-order chi connectivity index (χ0) is 23.6. The van der Waals surface area contributed by atoms with Gasteiger partial charge in [-0.2, -0.15) is 4.31 Å². The lowest BCUT2D eigenvalue weighted by Crippen LogP contribution is -2.32. The normalized spacial score (nSPS) is 17.1. The lowest BCUT2D eigenvalue weighted by Gasteiger charge is -2.16. The van der Waals surface area contributed by atoms with Crippen molar-refractivity contribution in [1.82, 2.24) is 9.21 Å². The van der Waals surface area contributed by atoms with Crippen molar-refractivity contribution in [3.05, 3.63) is 72.4 Å². The Morgan fingerprint density at radius 2 is 1.76 bits per heavy atom. The molecule has 2 heterocycles. The summed E-state index contributed by atoms with van der Waals surface area (Å²) in [6, 6.07) is 13.1. The zero-order valence-electron chi connectivity index (χ0n) is 18.3. The van der Waals surface area contributed by atoms with Gasteiger partial charge in [0.05, 0.1) is 17.6 Å². The van der Waals surface area contributed by atoms with Gasteiger partial charge in [0.25, 0.3) is 11.8 Å². The maximum Gasteiger partial charge on any atom is 0.278 e. The van der Waals surface area contributed by atoms with E-state index in [-0.39, 0.29) is 22.7 Å². The van der Waals surface area contributed by atoms with Gasteiger partial charge in [-0.25, -0.2) is 8.42 Å². The van der Waals surface area contributed by atoms with Crippen molar-refractivity contribution < 1.29 is 22.7 Å². The Hall–Kier alpha value is -3.43. The van der Waals surface area contributed by atoms with E-state index in [1.165, 1.54) is 22.5 Å². The highest BCUT2D eigenvalue weighted by molar-refractivity contribution is 7.89. The van der Waals surface area contributed by atoms with Gasteiger partial charge in [-0.05, 0) is 48.7 Å². The smallest absolute Gasteiger partial charge is 0.278 e. The molecule has 2 aliphatic rings. The molecule has 1 N–H and O–H groups in total. The molecule has 0 saturated carbocycles. The van der Waals surface area contributed by atoms with Crippen LogP contribution in [0.5, 0.6) is 5.75 Å². The van der Waals surface area contributed by atoms with Crippen molar-refractivity contribution >= 4 is 33.1 Å². The molecule has 4 rings (SSSR count). The summed E-state index contributed by atoms with van der Waals surface area (Å²) in [5.41, 5.74) is 1.24. The minimum absolute atomic E-state index is 0.0614. The fraction of sp³-hybridized carbons (Fsp3) is 0.250. The summed E-state index contributed by atoms with van der Waals surface area (Å²) in [7, 11) is -2.08. The molecule has 2 aliphatic heterocycles. The summed E-state index contributed by atoms with van der Waals surface area (Å²) >= 11 is 0. The van der Waals surface area contributed by atoms with Crippen LogP contribution in [0.3, 0.4) is 0 Å². The maximum atomic E-state index is 13.1. The van der Waals surface area contributed by atoms with E-state index in [0.29, 0.717) is 30.1 Å². The lowest BCUT2D eigenvalue weighted by atomic mass is 10.0. The third kappa shape index (κ3) is 4.29. The molecule has 0 atom stereocenters. The molecule has 0 spiro atoms. The van der Waals surface area contributed by atoms with Crippen LogP contribution in [0.4, 0.5) is 5.69 Å². The first-order valence-corrected chi connectivity index (χ1v) is 12.0. The largest absolute Gasteiger partial charge is 0.497 e. The fourth-order valence-electron chi connectivity index (χ4n) is 3.97. The number of carbonyl (C=O) groups is 2. The summed E-state index contributed by atoms with van der Waals surface area (Å²) in [5.74, 6) is -0.333. The number of nitrogens with one attached hydrogen (secondary N) is 1. The van der Waals surface area contributed by atoms with E-state index in [0.717, 1.165) is 17.7 Å². The SMILES string of the molecule is C=CCN1C(=O)C(Nc2cccc(S(=O)(=O)N3CCCC3)c2)=C(c2ccc(OC)cc2)C1=O. The molecule has 0 unspecified atom stereocenters. The average Bonchev–Trinajstić information content (AvgIpc) is 3.44. The van der Waals surface area contributed by atoms with Gasteiger partial charge in [0.15, 0.2) is 0 Å². The van der Waals surface area contributed by atoms with Crippen LogP contribution in [0.25, 0.3) is 5.57 Å². The molecule has 0 bridgehead atoms. The first-order chi connectivity index (χ1) is 15.9. The molecule has 9 heteroatoms. The Bertz CT molecular complexity index is 1230. The van der Waals surface area contributed by atoms with Crippen LogP contribution in [0, 0.1) is 0 Å². The van der Waals surface area contributed by atoms with Crippen LogP contribution < -0.4 is 10.1 Å². The predicted molar refractivity (Wildman–Crippen MR) is 125 cm³/mol. The van der Waals surface area contributed by atoms with Crippen molar-refractivity contribution in [1.29, 1.82) is 0 Å². The van der Waals surface area contributed by atoms with Gasteiger partial charge in [0.2, 0.25) is 10.0 Å². The van der Waals surface area contributed by atoms with Gasteiger partial charge in [-0.1, -0.05) is 24.3 Å². The van der Waals surface area contributed by atoms with Gasteiger partial charge < -0.3 is 10.1 Å². The van der Waals surface area contributed by atoms with Gasteiger partial charge in [0, 0.05) is 25.3 Å². The minimum Gasteiger partial charge on any atom is -0.497 e. The topological polar surface area (TPSA) is 96.0 Å². The first kappa shape index (κ1) is 22.8. The Kier molecular flexibility index (Phi) is 6.35. The molecule has 1 saturated heterocycles. The van der Waals surface area contributed by atoms with Crippen LogP contribution in [0.1, 0.15) is 18.4 Å². The molecule has 33 heavy (non-hydrogen) atoms. The number of benzene rings is 2. The number of methoxy groups -OCH3 is 1.